The van der Waals surface area contributed by atoms with Gasteiger partial charge in [0.1, 0.15) is 15.7 Å². The quantitative estimate of drug-likeness (QED) is 0.710. The zero-order chi connectivity index (χ0) is 14.2. The van der Waals surface area contributed by atoms with Gasteiger partial charge in [-0.2, -0.15) is 13.2 Å². The fourth-order valence-electron chi connectivity index (χ4n) is 2.02. The van der Waals surface area contributed by atoms with Crippen LogP contribution >= 0.6 is 0 Å². The third-order valence-electron chi connectivity index (χ3n) is 3.17. The van der Waals surface area contributed by atoms with Crippen LogP contribution in [0.4, 0.5) is 13.2 Å². The van der Waals surface area contributed by atoms with Crippen LogP contribution in [0.5, 0.6) is 0 Å². The van der Waals surface area contributed by atoms with Crippen molar-refractivity contribution in [3.8, 4) is 0 Å². The lowest BCUT2D eigenvalue weighted by atomic mass is 9.49. The number of rotatable bonds is 2. The van der Waals surface area contributed by atoms with E-state index in [1.165, 1.54) is 0 Å². The molecule has 0 bridgehead atoms. The van der Waals surface area contributed by atoms with Crippen LogP contribution in [0.25, 0.3) is 0 Å². The number of halogens is 3. The van der Waals surface area contributed by atoms with E-state index in [4.69, 9.17) is 0 Å². The molecule has 1 aromatic carbocycles. The minimum absolute atomic E-state index is 0.0205. The number of hydrogen-bond acceptors (Lipinski definition) is 0. The van der Waals surface area contributed by atoms with Gasteiger partial charge in [-0.15, -0.1) is 0 Å². The van der Waals surface area contributed by atoms with Gasteiger partial charge in [-0.25, -0.2) is 0 Å². The van der Waals surface area contributed by atoms with Crippen LogP contribution in [-0.2, 0) is 10.6 Å². The van der Waals surface area contributed by atoms with Gasteiger partial charge in [-0.05, 0) is 11.0 Å². The van der Waals surface area contributed by atoms with Gasteiger partial charge < -0.3 is 0 Å². The maximum Gasteiger partial charge on any atom is 0.388 e. The molecule has 0 amide bonds. The second-order valence-corrected chi connectivity index (χ2v) is 6.50. The Bertz CT molecular complexity index is 400. The molecule has 0 atom stereocenters. The molecule has 0 saturated carbocycles. The molecule has 1 aromatic rings. The molecule has 0 N–H and O–H groups in total. The second-order valence-electron chi connectivity index (χ2n) is 6.50. The van der Waals surface area contributed by atoms with Crippen LogP contribution in [-0.4, -0.2) is 21.9 Å². The Labute approximate surface area is 109 Å². The molecule has 0 aliphatic heterocycles. The molecule has 0 heterocycles. The predicted octanol–water partition coefficient (Wildman–Crippen LogP) is 2.36. The Morgan fingerprint density at radius 3 is 1.61 bits per heavy atom. The topological polar surface area (TPSA) is 0 Å². The van der Waals surface area contributed by atoms with Gasteiger partial charge in [0.15, 0.2) is 0 Å². The summed E-state index contributed by atoms with van der Waals surface area (Å²) in [5, 5.41) is -0.880. The molecule has 98 valence electrons. The second kappa shape index (κ2) is 4.67. The number of alkyl halides is 3. The monoisotopic (exact) mass is 254 g/mol. The Morgan fingerprint density at radius 2 is 1.28 bits per heavy atom. The SMILES string of the molecule is BC(B)(CC(F)(F)F)c1ccc(C(C)(C)C)cc1. The lowest BCUT2D eigenvalue weighted by Gasteiger charge is -2.28. The van der Waals surface area contributed by atoms with Gasteiger partial charge in [0.25, 0.3) is 0 Å². The van der Waals surface area contributed by atoms with E-state index in [-0.39, 0.29) is 5.41 Å². The summed E-state index contributed by atoms with van der Waals surface area (Å²) in [7, 11) is 3.26. The van der Waals surface area contributed by atoms with Crippen LogP contribution in [0.1, 0.15) is 38.3 Å². The first kappa shape index (κ1) is 15.2. The van der Waals surface area contributed by atoms with Crippen molar-refractivity contribution < 1.29 is 13.2 Å². The van der Waals surface area contributed by atoms with Gasteiger partial charge >= 0.3 is 6.18 Å². The normalized spacial score (nSPS) is 13.7. The van der Waals surface area contributed by atoms with Crippen molar-refractivity contribution in [2.45, 2.75) is 44.0 Å². The molecule has 0 aliphatic rings. The molecule has 1 rings (SSSR count). The highest BCUT2D eigenvalue weighted by atomic mass is 19.4. The minimum atomic E-state index is -4.13. The molecule has 0 aliphatic carbocycles. The average Bonchev–Trinajstić information content (AvgIpc) is 2.13. The van der Waals surface area contributed by atoms with Gasteiger partial charge in [-0.1, -0.05) is 55.8 Å². The highest BCUT2D eigenvalue weighted by Gasteiger charge is 2.37. The summed E-state index contributed by atoms with van der Waals surface area (Å²) >= 11 is 0. The Kier molecular flexibility index (Phi) is 3.94. The fraction of sp³-hybridized carbons (Fsp3) is 0.538. The van der Waals surface area contributed by atoms with Crippen LogP contribution in [0.3, 0.4) is 0 Å². The first-order valence-corrected chi connectivity index (χ1v) is 6.10. The maximum atomic E-state index is 12.5. The van der Waals surface area contributed by atoms with Crippen LogP contribution < -0.4 is 0 Å². The highest BCUT2D eigenvalue weighted by molar-refractivity contribution is 6.40. The molecule has 0 fully saturated rings. The third kappa shape index (κ3) is 4.11. The Morgan fingerprint density at radius 1 is 0.889 bits per heavy atom. The van der Waals surface area contributed by atoms with Crippen molar-refractivity contribution in [1.29, 1.82) is 0 Å². The van der Waals surface area contributed by atoms with E-state index in [2.05, 4.69) is 20.8 Å². The highest BCUT2D eigenvalue weighted by Crippen LogP contribution is 2.33. The van der Waals surface area contributed by atoms with Gasteiger partial charge in [0.2, 0.25) is 0 Å². The smallest absolute Gasteiger partial charge is 0.171 e. The van der Waals surface area contributed by atoms with Crippen molar-refractivity contribution in [1.82, 2.24) is 0 Å². The third-order valence-corrected chi connectivity index (χ3v) is 3.17. The van der Waals surface area contributed by atoms with Gasteiger partial charge in [0, 0.05) is 6.42 Å². The van der Waals surface area contributed by atoms with Crippen molar-refractivity contribution in [2.24, 2.45) is 0 Å². The summed E-state index contributed by atoms with van der Waals surface area (Å²) in [4.78, 5) is 0. The largest absolute Gasteiger partial charge is 0.388 e. The minimum Gasteiger partial charge on any atom is -0.171 e. The van der Waals surface area contributed by atoms with Crippen molar-refractivity contribution in [3.63, 3.8) is 0 Å². The predicted molar refractivity (Wildman–Crippen MR) is 74.6 cm³/mol. The molecular formula is C13H19B2F3. The molecule has 0 radical (unpaired) electrons. The lowest BCUT2D eigenvalue weighted by Crippen LogP contribution is -2.33. The lowest BCUT2D eigenvalue weighted by molar-refractivity contribution is -0.137. The molecule has 0 nitrogen and oxygen atoms in total. The molecule has 0 spiro atoms. The van der Waals surface area contributed by atoms with E-state index >= 15 is 0 Å². The fourth-order valence-corrected chi connectivity index (χ4v) is 2.02. The van der Waals surface area contributed by atoms with Crippen LogP contribution in [0.2, 0.25) is 0 Å². The van der Waals surface area contributed by atoms with E-state index in [0.717, 1.165) is 11.1 Å². The maximum absolute atomic E-state index is 12.5. The van der Waals surface area contributed by atoms with E-state index in [0.29, 0.717) is 0 Å². The van der Waals surface area contributed by atoms with E-state index in [1.807, 2.05) is 24.3 Å². The number of hydrogen-bond donors (Lipinski definition) is 0. The van der Waals surface area contributed by atoms with Crippen LogP contribution in [0.15, 0.2) is 24.3 Å². The first-order chi connectivity index (χ1) is 7.92. The molecule has 5 heteroatoms. The van der Waals surface area contributed by atoms with Crippen LogP contribution in [0, 0.1) is 0 Å². The summed E-state index contributed by atoms with van der Waals surface area (Å²) in [6.07, 6.45) is -4.93. The molecular weight excluding hydrogens is 235 g/mol. The zero-order valence-electron chi connectivity index (χ0n) is 11.7. The summed E-state index contributed by atoms with van der Waals surface area (Å²) in [5.41, 5.74) is 1.88. The van der Waals surface area contributed by atoms with E-state index in [1.54, 1.807) is 15.7 Å². The summed E-state index contributed by atoms with van der Waals surface area (Å²) in [6, 6.07) is 7.47. The van der Waals surface area contributed by atoms with Crippen molar-refractivity contribution >= 4 is 15.7 Å². The van der Waals surface area contributed by atoms with Crippen molar-refractivity contribution in [3.05, 3.63) is 35.4 Å². The van der Waals surface area contributed by atoms with Gasteiger partial charge in [0.05, 0.1) is 0 Å². The summed E-state index contributed by atoms with van der Waals surface area (Å²) in [6.45, 7) is 6.26. The number of benzene rings is 1. The average molecular weight is 254 g/mol. The molecule has 0 saturated heterocycles. The zero-order valence-corrected chi connectivity index (χ0v) is 11.7. The molecule has 0 aromatic heterocycles. The first-order valence-electron chi connectivity index (χ1n) is 6.10. The summed E-state index contributed by atoms with van der Waals surface area (Å²) < 4.78 is 37.5. The Balaban J connectivity index is 2.98. The van der Waals surface area contributed by atoms with Gasteiger partial charge in [-0.3, -0.25) is 0 Å². The molecule has 18 heavy (non-hydrogen) atoms. The standard InChI is InChI=1S/C13H19B2F3/c1-11(2,3)9-4-6-10(7-5-9)12(14,15)8-13(16,17)18/h4-7H,8,14-15H2,1-3H3. The Hall–Kier alpha value is -0.860. The van der Waals surface area contributed by atoms with E-state index < -0.39 is 17.8 Å². The van der Waals surface area contributed by atoms with E-state index in [9.17, 15) is 13.2 Å². The molecule has 0 unspecified atom stereocenters. The summed E-state index contributed by atoms with van der Waals surface area (Å²) in [5.74, 6) is 0. The van der Waals surface area contributed by atoms with Crippen molar-refractivity contribution in [2.75, 3.05) is 0 Å².